The van der Waals surface area contributed by atoms with Gasteiger partial charge in [-0.15, -0.1) is 0 Å². The molecule has 0 amide bonds. The van der Waals surface area contributed by atoms with Crippen LogP contribution in [0.3, 0.4) is 0 Å². The Bertz CT molecular complexity index is 1090. The van der Waals surface area contributed by atoms with E-state index in [0.717, 1.165) is 41.0 Å². The largest absolute Gasteiger partial charge is 0.346 e. The Morgan fingerprint density at radius 3 is 3.08 bits per heavy atom. The Morgan fingerprint density at radius 2 is 2.20 bits per heavy atom. The minimum atomic E-state index is 0.224. The molecule has 0 saturated carbocycles. The van der Waals surface area contributed by atoms with Crippen LogP contribution in [0.2, 0.25) is 0 Å². The van der Waals surface area contributed by atoms with Gasteiger partial charge in [0.2, 0.25) is 0 Å². The van der Waals surface area contributed by atoms with Crippen molar-refractivity contribution >= 4 is 22.9 Å². The lowest BCUT2D eigenvalue weighted by Gasteiger charge is -2.10. The van der Waals surface area contributed by atoms with Crippen LogP contribution >= 0.6 is 0 Å². The second-order valence-electron chi connectivity index (χ2n) is 6.38. The van der Waals surface area contributed by atoms with Gasteiger partial charge in [-0.3, -0.25) is 5.01 Å². The van der Waals surface area contributed by atoms with Gasteiger partial charge in [-0.05, 0) is 29.8 Å². The maximum absolute atomic E-state index is 4.82. The number of rotatable bonds is 3. The summed E-state index contributed by atoms with van der Waals surface area (Å²) in [6, 6.07) is 8.11. The molecule has 0 bridgehead atoms. The zero-order valence-electron chi connectivity index (χ0n) is 13.8. The topological polar surface area (TPSA) is 74.5 Å². The van der Waals surface area contributed by atoms with Gasteiger partial charge in [0.15, 0.2) is 5.65 Å². The highest BCUT2D eigenvalue weighted by Crippen LogP contribution is 2.21. The molecule has 1 N–H and O–H groups in total. The van der Waals surface area contributed by atoms with Crippen molar-refractivity contribution in [2.24, 2.45) is 5.10 Å². The SMILES string of the molecule is CN1CC(c2ccc3ncc(Cc4c[nH]c5ncccc45)n3n2)C=N1. The van der Waals surface area contributed by atoms with Crippen molar-refractivity contribution in [3.05, 3.63) is 59.8 Å². The normalized spacial score (nSPS) is 17.2. The number of imidazole rings is 1. The van der Waals surface area contributed by atoms with E-state index in [1.165, 1.54) is 5.56 Å². The molecule has 7 heteroatoms. The Morgan fingerprint density at radius 1 is 1.24 bits per heavy atom. The van der Waals surface area contributed by atoms with Crippen molar-refractivity contribution < 1.29 is 0 Å². The molecule has 0 aromatic carbocycles. The predicted molar refractivity (Wildman–Crippen MR) is 95.7 cm³/mol. The number of aromatic nitrogens is 5. The van der Waals surface area contributed by atoms with Crippen LogP contribution in [-0.2, 0) is 6.42 Å². The van der Waals surface area contributed by atoms with Crippen LogP contribution in [0.5, 0.6) is 0 Å². The number of hydrogen-bond acceptors (Lipinski definition) is 5. The molecule has 25 heavy (non-hydrogen) atoms. The molecule has 0 radical (unpaired) electrons. The second-order valence-corrected chi connectivity index (χ2v) is 6.38. The van der Waals surface area contributed by atoms with Crippen molar-refractivity contribution in [1.82, 2.24) is 29.6 Å². The molecule has 1 aliphatic heterocycles. The molecule has 0 aliphatic carbocycles. The fraction of sp³-hybridized carbons (Fsp3) is 0.222. The van der Waals surface area contributed by atoms with E-state index >= 15 is 0 Å². The Balaban J connectivity index is 1.54. The first-order chi connectivity index (χ1) is 12.3. The van der Waals surface area contributed by atoms with E-state index < -0.39 is 0 Å². The van der Waals surface area contributed by atoms with E-state index in [2.05, 4.69) is 26.1 Å². The van der Waals surface area contributed by atoms with Crippen LogP contribution in [0.1, 0.15) is 22.9 Å². The van der Waals surface area contributed by atoms with Gasteiger partial charge in [-0.1, -0.05) is 0 Å². The number of hydrogen-bond donors (Lipinski definition) is 1. The van der Waals surface area contributed by atoms with E-state index in [0.29, 0.717) is 0 Å². The number of aromatic amines is 1. The fourth-order valence-electron chi connectivity index (χ4n) is 3.35. The number of nitrogens with zero attached hydrogens (tertiary/aromatic N) is 6. The highest BCUT2D eigenvalue weighted by molar-refractivity contribution is 5.79. The van der Waals surface area contributed by atoms with Crippen LogP contribution in [0.4, 0.5) is 0 Å². The van der Waals surface area contributed by atoms with Crippen LogP contribution in [-0.4, -0.2) is 49.4 Å². The summed E-state index contributed by atoms with van der Waals surface area (Å²) in [4.78, 5) is 12.1. The molecule has 1 unspecified atom stereocenters. The van der Waals surface area contributed by atoms with Crippen LogP contribution in [0.15, 0.2) is 48.0 Å². The summed E-state index contributed by atoms with van der Waals surface area (Å²) in [5, 5.41) is 12.2. The van der Waals surface area contributed by atoms with Gasteiger partial charge < -0.3 is 4.98 Å². The number of H-pyrrole nitrogens is 1. The highest BCUT2D eigenvalue weighted by atomic mass is 15.4. The first-order valence-electron chi connectivity index (χ1n) is 8.28. The number of fused-ring (bicyclic) bond motifs is 2. The van der Waals surface area contributed by atoms with Crippen LogP contribution in [0.25, 0.3) is 16.7 Å². The van der Waals surface area contributed by atoms with Crippen molar-refractivity contribution in [2.45, 2.75) is 12.3 Å². The minimum absolute atomic E-state index is 0.224. The van der Waals surface area contributed by atoms with Gasteiger partial charge >= 0.3 is 0 Å². The second kappa shape index (κ2) is 5.41. The third-order valence-electron chi connectivity index (χ3n) is 4.65. The lowest BCUT2D eigenvalue weighted by atomic mass is 10.1. The molecule has 4 aromatic rings. The van der Waals surface area contributed by atoms with Gasteiger partial charge in [0.25, 0.3) is 0 Å². The lowest BCUT2D eigenvalue weighted by molar-refractivity contribution is 0.379. The van der Waals surface area contributed by atoms with E-state index in [9.17, 15) is 0 Å². The molecule has 7 nitrogen and oxygen atoms in total. The average molecular weight is 331 g/mol. The molecule has 1 atom stereocenters. The molecule has 0 saturated heterocycles. The lowest BCUT2D eigenvalue weighted by Crippen LogP contribution is -2.14. The molecule has 1 aliphatic rings. The highest BCUT2D eigenvalue weighted by Gasteiger charge is 2.19. The van der Waals surface area contributed by atoms with Gasteiger partial charge in [-0.2, -0.15) is 10.2 Å². The molecule has 4 aromatic heterocycles. The average Bonchev–Trinajstić information content (AvgIpc) is 3.35. The number of hydrazone groups is 1. The van der Waals surface area contributed by atoms with Crippen molar-refractivity contribution in [2.75, 3.05) is 13.6 Å². The van der Waals surface area contributed by atoms with Gasteiger partial charge in [0.1, 0.15) is 5.65 Å². The molecule has 5 heterocycles. The number of likely N-dealkylation sites (N-methyl/N-ethyl adjacent to an activating group) is 1. The zero-order chi connectivity index (χ0) is 16.8. The van der Waals surface area contributed by atoms with Gasteiger partial charge in [-0.25, -0.2) is 14.5 Å². The molecule has 0 fully saturated rings. The smallest absolute Gasteiger partial charge is 0.153 e. The summed E-state index contributed by atoms with van der Waals surface area (Å²) in [5.41, 5.74) is 5.04. The summed E-state index contributed by atoms with van der Waals surface area (Å²) in [6.07, 6.45) is 8.42. The van der Waals surface area contributed by atoms with Crippen LogP contribution in [0, 0.1) is 0 Å². The zero-order valence-corrected chi connectivity index (χ0v) is 13.8. The van der Waals surface area contributed by atoms with Gasteiger partial charge in [0.05, 0.1) is 23.5 Å². The summed E-state index contributed by atoms with van der Waals surface area (Å²) in [7, 11) is 1.97. The minimum Gasteiger partial charge on any atom is -0.346 e. The molecular formula is C18H17N7. The van der Waals surface area contributed by atoms with Crippen molar-refractivity contribution in [3.8, 4) is 0 Å². The van der Waals surface area contributed by atoms with Crippen molar-refractivity contribution in [1.29, 1.82) is 0 Å². The van der Waals surface area contributed by atoms with E-state index in [-0.39, 0.29) is 5.92 Å². The molecular weight excluding hydrogens is 314 g/mol. The maximum atomic E-state index is 4.82. The van der Waals surface area contributed by atoms with E-state index in [4.69, 9.17) is 5.10 Å². The van der Waals surface area contributed by atoms with Crippen molar-refractivity contribution in [3.63, 3.8) is 0 Å². The predicted octanol–water partition coefficient (Wildman–Crippen LogP) is 2.21. The summed E-state index contributed by atoms with van der Waals surface area (Å²) < 4.78 is 1.94. The first kappa shape index (κ1) is 14.2. The third-order valence-corrected chi connectivity index (χ3v) is 4.65. The Kier molecular flexibility index (Phi) is 3.06. The summed E-state index contributed by atoms with van der Waals surface area (Å²) in [6.45, 7) is 0.858. The maximum Gasteiger partial charge on any atom is 0.153 e. The number of nitrogens with one attached hydrogen (secondary N) is 1. The first-order valence-corrected chi connectivity index (χ1v) is 8.28. The van der Waals surface area contributed by atoms with Crippen LogP contribution < -0.4 is 0 Å². The molecule has 0 spiro atoms. The summed E-state index contributed by atoms with van der Waals surface area (Å²) in [5.74, 6) is 0.224. The Labute approximate surface area is 144 Å². The molecule has 124 valence electrons. The Hall–Kier alpha value is -3.22. The van der Waals surface area contributed by atoms with E-state index in [1.54, 1.807) is 6.20 Å². The van der Waals surface area contributed by atoms with E-state index in [1.807, 2.05) is 53.4 Å². The fourth-order valence-corrected chi connectivity index (χ4v) is 3.35. The van der Waals surface area contributed by atoms with Gasteiger partial charge in [0, 0.05) is 44.0 Å². The third kappa shape index (κ3) is 2.36. The summed E-state index contributed by atoms with van der Waals surface area (Å²) >= 11 is 0. The monoisotopic (exact) mass is 331 g/mol. The molecule has 5 rings (SSSR count). The standard InChI is InChI=1S/C18H17N7/c1-24-11-13(9-22-24)16-4-5-17-20-10-14(25(17)23-16)7-12-8-21-18-15(12)3-2-6-19-18/h2-6,8-10,13H,7,11H2,1H3,(H,19,21). The number of pyridine rings is 1. The quantitative estimate of drug-likeness (QED) is 0.624.